The lowest BCUT2D eigenvalue weighted by Crippen LogP contribution is -2.56. The van der Waals surface area contributed by atoms with Gasteiger partial charge in [-0.1, -0.05) is 25.0 Å². The number of anilines is 1. The zero-order valence-corrected chi connectivity index (χ0v) is 17.2. The predicted molar refractivity (Wildman–Crippen MR) is 114 cm³/mol. The van der Waals surface area contributed by atoms with Crippen LogP contribution in [-0.4, -0.2) is 39.5 Å². The number of fused-ring (bicyclic) bond motifs is 1. The molecule has 7 nitrogen and oxygen atoms in total. The van der Waals surface area contributed by atoms with Crippen LogP contribution in [0.4, 0.5) is 15.8 Å². The number of carbonyl (C=O) groups excluding carboxylic acids is 1. The van der Waals surface area contributed by atoms with Gasteiger partial charge in [-0.15, -0.1) is 0 Å². The Hall–Kier alpha value is -2.84. The SMILES string of the molecule is O=C(CN1CCC2(O)CCCCC2C1c1ccc(F)cc1)Nc1ccc([N+](=O)[O-])cc1. The molecule has 3 unspecified atom stereocenters. The van der Waals surface area contributed by atoms with Crippen molar-refractivity contribution in [2.45, 2.75) is 43.7 Å². The molecule has 31 heavy (non-hydrogen) atoms. The monoisotopic (exact) mass is 427 g/mol. The second kappa shape index (κ2) is 8.72. The van der Waals surface area contributed by atoms with E-state index in [9.17, 15) is 24.4 Å². The topological polar surface area (TPSA) is 95.7 Å². The van der Waals surface area contributed by atoms with Gasteiger partial charge in [-0.05, 0) is 49.1 Å². The van der Waals surface area contributed by atoms with Crippen molar-refractivity contribution in [2.24, 2.45) is 5.92 Å². The summed E-state index contributed by atoms with van der Waals surface area (Å²) >= 11 is 0. The number of nitro groups is 1. The van der Waals surface area contributed by atoms with Crippen molar-refractivity contribution in [2.75, 3.05) is 18.4 Å². The van der Waals surface area contributed by atoms with Gasteiger partial charge in [0.2, 0.25) is 5.91 Å². The first-order chi connectivity index (χ1) is 14.9. The van der Waals surface area contributed by atoms with E-state index in [0.717, 1.165) is 31.2 Å². The third-order valence-corrected chi connectivity index (χ3v) is 6.59. The highest BCUT2D eigenvalue weighted by atomic mass is 19.1. The van der Waals surface area contributed by atoms with Crippen LogP contribution in [0.3, 0.4) is 0 Å². The molecule has 2 N–H and O–H groups in total. The van der Waals surface area contributed by atoms with Crippen molar-refractivity contribution in [3.05, 3.63) is 70.0 Å². The van der Waals surface area contributed by atoms with Gasteiger partial charge < -0.3 is 10.4 Å². The Bertz CT molecular complexity index is 950. The second-order valence-electron chi connectivity index (χ2n) is 8.52. The van der Waals surface area contributed by atoms with Crippen molar-refractivity contribution >= 4 is 17.3 Å². The molecular weight excluding hydrogens is 401 g/mol. The fourth-order valence-corrected chi connectivity index (χ4v) is 5.07. The fraction of sp³-hybridized carbons (Fsp3) is 0.435. The lowest BCUT2D eigenvalue weighted by molar-refractivity contribution is -0.384. The Balaban J connectivity index is 1.53. The maximum Gasteiger partial charge on any atom is 0.269 e. The number of amides is 1. The second-order valence-corrected chi connectivity index (χ2v) is 8.52. The summed E-state index contributed by atoms with van der Waals surface area (Å²) in [5.41, 5.74) is 0.583. The minimum Gasteiger partial charge on any atom is -0.389 e. The Morgan fingerprint density at radius 3 is 2.55 bits per heavy atom. The fourth-order valence-electron chi connectivity index (χ4n) is 5.07. The Morgan fingerprint density at radius 1 is 1.16 bits per heavy atom. The third-order valence-electron chi connectivity index (χ3n) is 6.59. The first-order valence-electron chi connectivity index (χ1n) is 10.6. The van der Waals surface area contributed by atoms with Crippen LogP contribution >= 0.6 is 0 Å². The smallest absolute Gasteiger partial charge is 0.269 e. The summed E-state index contributed by atoms with van der Waals surface area (Å²) in [7, 11) is 0. The number of hydrogen-bond acceptors (Lipinski definition) is 5. The molecule has 2 aromatic carbocycles. The van der Waals surface area contributed by atoms with Crippen LogP contribution < -0.4 is 5.32 Å². The molecule has 164 valence electrons. The molecule has 0 spiro atoms. The molecule has 4 rings (SSSR count). The summed E-state index contributed by atoms with van der Waals surface area (Å²) in [5.74, 6) is -0.573. The summed E-state index contributed by atoms with van der Waals surface area (Å²) in [6.45, 7) is 0.675. The third kappa shape index (κ3) is 4.60. The zero-order valence-electron chi connectivity index (χ0n) is 17.2. The summed E-state index contributed by atoms with van der Waals surface area (Å²) in [4.78, 5) is 25.1. The number of nitrogens with one attached hydrogen (secondary N) is 1. The maximum atomic E-state index is 13.5. The molecule has 1 saturated carbocycles. The van der Waals surface area contributed by atoms with Gasteiger partial charge in [0.15, 0.2) is 0 Å². The number of hydrogen-bond donors (Lipinski definition) is 2. The first-order valence-corrected chi connectivity index (χ1v) is 10.6. The number of carbonyl (C=O) groups is 1. The van der Waals surface area contributed by atoms with Crippen LogP contribution in [0.5, 0.6) is 0 Å². The zero-order chi connectivity index (χ0) is 22.0. The molecule has 8 heteroatoms. The van der Waals surface area contributed by atoms with Gasteiger partial charge in [0, 0.05) is 36.3 Å². The predicted octanol–water partition coefficient (Wildman–Crippen LogP) is 4.04. The Labute approximate surface area is 180 Å². The first kappa shape index (κ1) is 21.4. The van der Waals surface area contributed by atoms with E-state index in [1.54, 1.807) is 12.1 Å². The molecule has 3 atom stereocenters. The van der Waals surface area contributed by atoms with Gasteiger partial charge in [-0.2, -0.15) is 0 Å². The molecule has 1 aliphatic heterocycles. The standard InChI is InChI=1S/C23H26FN3O4/c24-17-6-4-16(5-7-17)22-20-3-1-2-12-23(20,29)13-14-26(22)15-21(28)25-18-8-10-19(11-9-18)27(30)31/h4-11,20,22,29H,1-3,12-15H2,(H,25,28). The van der Waals surface area contributed by atoms with Gasteiger partial charge in [0.1, 0.15) is 5.82 Å². The highest BCUT2D eigenvalue weighted by molar-refractivity contribution is 5.92. The van der Waals surface area contributed by atoms with Crippen molar-refractivity contribution in [1.29, 1.82) is 0 Å². The lowest BCUT2D eigenvalue weighted by atomic mass is 9.66. The van der Waals surface area contributed by atoms with E-state index < -0.39 is 10.5 Å². The van der Waals surface area contributed by atoms with E-state index in [-0.39, 0.29) is 35.9 Å². The molecule has 1 saturated heterocycles. The Morgan fingerprint density at radius 2 is 1.87 bits per heavy atom. The van der Waals surface area contributed by atoms with Gasteiger partial charge in [0.05, 0.1) is 17.1 Å². The quantitative estimate of drug-likeness (QED) is 0.555. The largest absolute Gasteiger partial charge is 0.389 e. The van der Waals surface area contributed by atoms with E-state index in [2.05, 4.69) is 10.2 Å². The van der Waals surface area contributed by atoms with Gasteiger partial charge in [-0.25, -0.2) is 4.39 Å². The molecule has 0 aromatic heterocycles. The molecule has 1 heterocycles. The number of halogens is 1. The number of rotatable bonds is 5. The van der Waals surface area contributed by atoms with Crippen LogP contribution in [0.1, 0.15) is 43.7 Å². The number of nitrogens with zero attached hydrogens (tertiary/aromatic N) is 2. The van der Waals surface area contributed by atoms with E-state index >= 15 is 0 Å². The van der Waals surface area contributed by atoms with Crippen molar-refractivity contribution in [1.82, 2.24) is 4.90 Å². The van der Waals surface area contributed by atoms with E-state index in [0.29, 0.717) is 18.7 Å². The van der Waals surface area contributed by atoms with Gasteiger partial charge >= 0.3 is 0 Å². The summed E-state index contributed by atoms with van der Waals surface area (Å²) in [6, 6.07) is 11.8. The van der Waals surface area contributed by atoms with Crippen LogP contribution in [0, 0.1) is 21.8 Å². The van der Waals surface area contributed by atoms with Gasteiger partial charge in [0.25, 0.3) is 5.69 Å². The molecule has 1 aliphatic carbocycles. The highest BCUT2D eigenvalue weighted by Gasteiger charge is 2.49. The van der Waals surface area contributed by atoms with Gasteiger partial charge in [-0.3, -0.25) is 19.8 Å². The number of aliphatic hydroxyl groups is 1. The summed E-state index contributed by atoms with van der Waals surface area (Å²) in [6.07, 6.45) is 4.22. The summed E-state index contributed by atoms with van der Waals surface area (Å²) in [5, 5.41) is 24.9. The number of benzene rings is 2. The molecule has 0 radical (unpaired) electrons. The minimum atomic E-state index is -0.761. The normalized spacial score (nSPS) is 26.1. The molecule has 0 bridgehead atoms. The average molecular weight is 427 g/mol. The lowest BCUT2D eigenvalue weighted by Gasteiger charge is -2.52. The number of piperidine rings is 1. The summed E-state index contributed by atoms with van der Waals surface area (Å²) < 4.78 is 13.5. The van der Waals surface area contributed by atoms with E-state index in [1.165, 1.54) is 36.4 Å². The molecule has 2 fully saturated rings. The van der Waals surface area contributed by atoms with Crippen molar-refractivity contribution in [3.63, 3.8) is 0 Å². The maximum absolute atomic E-state index is 13.5. The highest BCUT2D eigenvalue weighted by Crippen LogP contribution is 2.49. The van der Waals surface area contributed by atoms with Crippen LogP contribution in [-0.2, 0) is 4.79 Å². The average Bonchev–Trinajstić information content (AvgIpc) is 2.75. The molecular formula is C23H26FN3O4. The minimum absolute atomic E-state index is 0.0207. The van der Waals surface area contributed by atoms with E-state index in [1.807, 2.05) is 0 Å². The van der Waals surface area contributed by atoms with Crippen molar-refractivity contribution < 1.29 is 19.2 Å². The van der Waals surface area contributed by atoms with Crippen LogP contribution in [0.15, 0.2) is 48.5 Å². The Kier molecular flexibility index (Phi) is 6.02. The molecule has 2 aromatic rings. The van der Waals surface area contributed by atoms with E-state index in [4.69, 9.17) is 0 Å². The number of likely N-dealkylation sites (tertiary alicyclic amines) is 1. The number of nitro benzene ring substituents is 1. The molecule has 1 amide bonds. The number of non-ortho nitro benzene ring substituents is 1. The van der Waals surface area contributed by atoms with Crippen LogP contribution in [0.2, 0.25) is 0 Å². The van der Waals surface area contributed by atoms with Crippen molar-refractivity contribution in [3.8, 4) is 0 Å². The van der Waals surface area contributed by atoms with Crippen LogP contribution in [0.25, 0.3) is 0 Å². The molecule has 2 aliphatic rings.